The van der Waals surface area contributed by atoms with Gasteiger partial charge in [0.25, 0.3) is 0 Å². The van der Waals surface area contributed by atoms with Crippen LogP contribution in [0.5, 0.6) is 0 Å². The number of hydrogen-bond donors (Lipinski definition) is 1. The van der Waals surface area contributed by atoms with Crippen LogP contribution in [0.1, 0.15) is 80.6 Å². The highest BCUT2D eigenvalue weighted by molar-refractivity contribution is 9.10. The Labute approximate surface area is 230 Å². The van der Waals surface area contributed by atoms with E-state index in [4.69, 9.17) is 9.47 Å². The lowest BCUT2D eigenvalue weighted by Gasteiger charge is -2.54. The minimum Gasteiger partial charge on any atom is -0.373 e. The lowest BCUT2D eigenvalue weighted by atomic mass is 9.58. The molecule has 0 aromatic carbocycles. The monoisotopic (exact) mass is 708 g/mol. The van der Waals surface area contributed by atoms with Gasteiger partial charge in [0.05, 0.1) is 18.8 Å². The molecule has 7 heteroatoms. The van der Waals surface area contributed by atoms with Crippen molar-refractivity contribution in [2.75, 3.05) is 6.61 Å². The predicted molar refractivity (Wildman–Crippen MR) is 150 cm³/mol. The first-order valence-corrected chi connectivity index (χ1v) is 15.9. The molecule has 2 aliphatic rings. The number of alkyl halides is 4. The van der Waals surface area contributed by atoms with Crippen LogP contribution in [0.15, 0.2) is 0 Å². The molecule has 1 N–H and O–H groups in total. The third-order valence-electron chi connectivity index (χ3n) is 7.94. The van der Waals surface area contributed by atoms with Gasteiger partial charge in [-0.25, -0.2) is 0 Å². The number of rotatable bonds is 8. The third-order valence-corrected chi connectivity index (χ3v) is 11.7. The minimum atomic E-state index is -0.858. The van der Waals surface area contributed by atoms with Crippen molar-refractivity contribution >= 4 is 63.7 Å². The second kappa shape index (κ2) is 12.4. The van der Waals surface area contributed by atoms with Crippen LogP contribution in [0.4, 0.5) is 0 Å². The SMILES string of the molecule is CCC(C)OC(O)COC1CC(Br)C(C(C)(C)C2C(Br)CC(C(C)(C)C)CC2Br)C(Br)C1. The van der Waals surface area contributed by atoms with Gasteiger partial charge in [0, 0.05) is 19.3 Å². The highest BCUT2D eigenvalue weighted by atomic mass is 79.9. The molecule has 0 saturated heterocycles. The van der Waals surface area contributed by atoms with E-state index in [0.29, 0.717) is 36.6 Å². The molecule has 3 nitrogen and oxygen atoms in total. The van der Waals surface area contributed by atoms with Crippen molar-refractivity contribution in [2.24, 2.45) is 28.6 Å². The number of hydrogen-bond acceptors (Lipinski definition) is 3. The quantitative estimate of drug-likeness (QED) is 0.205. The molecule has 6 unspecified atom stereocenters. The molecule has 6 atom stereocenters. The average Bonchev–Trinajstić information content (AvgIpc) is 2.63. The predicted octanol–water partition coefficient (Wildman–Crippen LogP) is 8.07. The van der Waals surface area contributed by atoms with Gasteiger partial charge in [-0.2, -0.15) is 0 Å². The van der Waals surface area contributed by atoms with Crippen LogP contribution in [0, 0.1) is 28.6 Å². The highest BCUT2D eigenvalue weighted by Crippen LogP contribution is 2.57. The largest absolute Gasteiger partial charge is 0.373 e. The first-order valence-electron chi connectivity index (χ1n) is 12.2. The maximum Gasteiger partial charge on any atom is 0.178 e. The normalized spacial score (nSPS) is 39.0. The molecule has 0 aromatic heterocycles. The molecule has 0 spiro atoms. The summed E-state index contributed by atoms with van der Waals surface area (Å²) < 4.78 is 11.6. The van der Waals surface area contributed by atoms with Gasteiger partial charge < -0.3 is 14.6 Å². The Kier molecular flexibility index (Phi) is 11.6. The molecule has 2 fully saturated rings. The zero-order chi connectivity index (χ0) is 24.4. The van der Waals surface area contributed by atoms with E-state index < -0.39 is 6.29 Å². The van der Waals surface area contributed by atoms with Crippen LogP contribution in [-0.2, 0) is 9.47 Å². The molecular weight excluding hydrogens is 668 g/mol. The molecule has 190 valence electrons. The molecular formula is C25H44Br4O3. The molecule has 0 heterocycles. The fraction of sp³-hybridized carbons (Fsp3) is 1.00. The van der Waals surface area contributed by atoms with Gasteiger partial charge in [-0.3, -0.25) is 0 Å². The molecule has 2 saturated carbocycles. The van der Waals surface area contributed by atoms with Gasteiger partial charge >= 0.3 is 0 Å². The average molecular weight is 712 g/mol. The van der Waals surface area contributed by atoms with E-state index in [-0.39, 0.29) is 24.2 Å². The number of aliphatic hydroxyl groups is 1. The smallest absolute Gasteiger partial charge is 0.178 e. The molecule has 0 aliphatic heterocycles. The number of halogens is 4. The van der Waals surface area contributed by atoms with Crippen molar-refractivity contribution in [3.8, 4) is 0 Å². The third kappa shape index (κ3) is 7.65. The summed E-state index contributed by atoms with van der Waals surface area (Å²) in [6.45, 7) is 16.3. The first kappa shape index (κ1) is 30.0. The van der Waals surface area contributed by atoms with Gasteiger partial charge in [-0.1, -0.05) is 105 Å². The Bertz CT molecular complexity index is 558. The standard InChI is InChI=1S/C25H44Br4O3/c1-8-14(2)32-21(30)13-31-16-11-19(28)23(20(29)12-16)25(6,7)22-17(26)9-15(10-18(22)27)24(3,4)5/h14-23,30H,8-13H2,1-7H3. The lowest BCUT2D eigenvalue weighted by molar-refractivity contribution is -0.174. The van der Waals surface area contributed by atoms with E-state index in [9.17, 15) is 5.11 Å². The van der Waals surface area contributed by atoms with Crippen LogP contribution in [0.3, 0.4) is 0 Å². The van der Waals surface area contributed by atoms with Crippen molar-refractivity contribution < 1.29 is 14.6 Å². The fourth-order valence-electron chi connectivity index (χ4n) is 5.83. The van der Waals surface area contributed by atoms with Crippen molar-refractivity contribution in [3.05, 3.63) is 0 Å². The van der Waals surface area contributed by atoms with Crippen LogP contribution < -0.4 is 0 Å². The molecule has 0 radical (unpaired) electrons. The van der Waals surface area contributed by atoms with E-state index in [2.05, 4.69) is 105 Å². The zero-order valence-corrected chi connectivity index (χ0v) is 27.1. The van der Waals surface area contributed by atoms with Crippen LogP contribution in [0.2, 0.25) is 0 Å². The second-order valence-corrected chi connectivity index (χ2v) is 16.4. The van der Waals surface area contributed by atoms with Gasteiger partial charge in [-0.15, -0.1) is 0 Å². The van der Waals surface area contributed by atoms with E-state index >= 15 is 0 Å². The highest BCUT2D eigenvalue weighted by Gasteiger charge is 2.53. The Morgan fingerprint density at radius 2 is 1.28 bits per heavy atom. The lowest BCUT2D eigenvalue weighted by Crippen LogP contribution is -2.54. The van der Waals surface area contributed by atoms with E-state index in [1.54, 1.807) is 0 Å². The maximum absolute atomic E-state index is 10.1. The van der Waals surface area contributed by atoms with Gasteiger partial charge in [0.15, 0.2) is 6.29 Å². The van der Waals surface area contributed by atoms with Crippen molar-refractivity contribution in [3.63, 3.8) is 0 Å². The second-order valence-electron chi connectivity index (χ2n) is 11.7. The van der Waals surface area contributed by atoms with Crippen molar-refractivity contribution in [2.45, 2.75) is 118 Å². The van der Waals surface area contributed by atoms with Gasteiger partial charge in [0.1, 0.15) is 0 Å². The summed E-state index contributed by atoms with van der Waals surface area (Å²) in [5, 5.41) is 10.1. The Hall–Kier alpha value is 1.80. The number of ether oxygens (including phenoxy) is 2. The minimum absolute atomic E-state index is 0.0424. The van der Waals surface area contributed by atoms with E-state index in [0.717, 1.165) is 25.2 Å². The first-order chi connectivity index (χ1) is 14.7. The molecule has 0 aromatic rings. The fourth-order valence-corrected chi connectivity index (χ4v) is 12.6. The zero-order valence-electron chi connectivity index (χ0n) is 20.8. The topological polar surface area (TPSA) is 38.7 Å². The summed E-state index contributed by atoms with van der Waals surface area (Å²) in [5.74, 6) is 1.75. The molecule has 0 bridgehead atoms. The van der Waals surface area contributed by atoms with Crippen LogP contribution in [-0.4, -0.2) is 49.5 Å². The summed E-state index contributed by atoms with van der Waals surface area (Å²) in [6.07, 6.45) is 4.53. The van der Waals surface area contributed by atoms with Crippen LogP contribution >= 0.6 is 63.7 Å². The van der Waals surface area contributed by atoms with Crippen molar-refractivity contribution in [1.29, 1.82) is 0 Å². The molecule has 2 aliphatic carbocycles. The summed E-state index contributed by atoms with van der Waals surface area (Å²) in [7, 11) is 0. The summed E-state index contributed by atoms with van der Waals surface area (Å²) >= 11 is 16.3. The Balaban J connectivity index is 2.02. The van der Waals surface area contributed by atoms with E-state index in [1.807, 2.05) is 6.92 Å². The van der Waals surface area contributed by atoms with Gasteiger partial charge in [0.2, 0.25) is 0 Å². The maximum atomic E-state index is 10.1. The summed E-state index contributed by atoms with van der Waals surface area (Å²) in [4.78, 5) is 1.71. The summed E-state index contributed by atoms with van der Waals surface area (Å²) in [6, 6.07) is 0. The Morgan fingerprint density at radius 3 is 1.69 bits per heavy atom. The summed E-state index contributed by atoms with van der Waals surface area (Å²) in [5.41, 5.74) is 0.472. The molecule has 0 amide bonds. The van der Waals surface area contributed by atoms with Gasteiger partial charge in [-0.05, 0) is 67.6 Å². The Morgan fingerprint density at radius 1 is 0.844 bits per heavy atom. The molecule has 2 rings (SSSR count). The molecule has 32 heavy (non-hydrogen) atoms. The van der Waals surface area contributed by atoms with Crippen molar-refractivity contribution in [1.82, 2.24) is 0 Å². The van der Waals surface area contributed by atoms with Crippen LogP contribution in [0.25, 0.3) is 0 Å². The van der Waals surface area contributed by atoms with E-state index in [1.165, 1.54) is 12.8 Å². The number of aliphatic hydroxyl groups excluding tert-OH is 1.